The number of aryl methyl sites for hydroxylation is 2. The summed E-state index contributed by atoms with van der Waals surface area (Å²) in [5, 5.41) is 0.741. The van der Waals surface area contributed by atoms with Gasteiger partial charge in [-0.15, -0.1) is 0 Å². The molecule has 1 aromatic carbocycles. The lowest BCUT2D eigenvalue weighted by Crippen LogP contribution is -2.01. The van der Waals surface area contributed by atoms with Gasteiger partial charge in [0.05, 0.1) is 24.6 Å². The van der Waals surface area contributed by atoms with Gasteiger partial charge in [-0.1, -0.05) is 0 Å². The lowest BCUT2D eigenvalue weighted by Gasteiger charge is -2.12. The molecular weight excluding hydrogens is 370 g/mol. The second-order valence-corrected chi connectivity index (χ2v) is 6.62. The van der Waals surface area contributed by atoms with Crippen LogP contribution in [0, 0.1) is 13.8 Å². The molecule has 2 heterocycles. The summed E-state index contributed by atoms with van der Waals surface area (Å²) in [5.41, 5.74) is 4.08. The number of nitrogens with zero attached hydrogens (tertiary/aromatic N) is 2. The molecule has 0 aliphatic rings. The number of methoxy groups -OCH3 is 1. The highest BCUT2D eigenvalue weighted by molar-refractivity contribution is 5.86. The molecule has 0 amide bonds. The number of benzene rings is 1. The molecule has 0 radical (unpaired) electrons. The van der Waals surface area contributed by atoms with Gasteiger partial charge in [-0.2, -0.15) is 0 Å². The van der Waals surface area contributed by atoms with Crippen LogP contribution in [0.3, 0.4) is 0 Å². The molecule has 2 aromatic heterocycles. The summed E-state index contributed by atoms with van der Waals surface area (Å²) in [6.45, 7) is 4.89. The molecule has 0 unspecified atom stereocenters. The standard InChI is InChI=1S/C22H25N3O4/c1-15-11-16(2)25-18(15)7-6-10-29-22-17-12-20(27-3)21(28-9-5-4-8-26)13-19(17)23-14-24-22/h6-8,11-14,25H,4-5,9-10H2,1-3H3/b7-6-. The second kappa shape index (κ2) is 9.73. The van der Waals surface area contributed by atoms with Gasteiger partial charge in [0.15, 0.2) is 11.5 Å². The highest BCUT2D eigenvalue weighted by Gasteiger charge is 2.12. The van der Waals surface area contributed by atoms with Crippen molar-refractivity contribution in [3.8, 4) is 17.4 Å². The molecule has 3 aromatic rings. The minimum Gasteiger partial charge on any atom is -0.493 e. The number of H-pyrrole nitrogens is 1. The number of nitrogens with one attached hydrogen (secondary N) is 1. The Morgan fingerprint density at radius 2 is 1.97 bits per heavy atom. The molecule has 152 valence electrons. The van der Waals surface area contributed by atoms with Gasteiger partial charge in [-0.25, -0.2) is 9.97 Å². The van der Waals surface area contributed by atoms with Crippen molar-refractivity contribution in [2.24, 2.45) is 0 Å². The fraction of sp³-hybridized carbons (Fsp3) is 0.318. The predicted molar refractivity (Wildman–Crippen MR) is 112 cm³/mol. The molecule has 0 saturated carbocycles. The van der Waals surface area contributed by atoms with Crippen LogP contribution in [-0.4, -0.2) is 41.6 Å². The Morgan fingerprint density at radius 1 is 1.10 bits per heavy atom. The molecule has 7 heteroatoms. The van der Waals surface area contributed by atoms with Crippen molar-refractivity contribution in [3.63, 3.8) is 0 Å². The number of hydrogen-bond donors (Lipinski definition) is 1. The second-order valence-electron chi connectivity index (χ2n) is 6.62. The van der Waals surface area contributed by atoms with Crippen molar-refractivity contribution in [1.29, 1.82) is 0 Å². The van der Waals surface area contributed by atoms with Crippen molar-refractivity contribution in [3.05, 3.63) is 47.6 Å². The largest absolute Gasteiger partial charge is 0.493 e. The SMILES string of the molecule is COc1cc2c(OC/C=C\c3[nH]c(C)cc3C)ncnc2cc1OCCCC=O. The first-order valence-corrected chi connectivity index (χ1v) is 9.47. The quantitative estimate of drug-likeness (QED) is 0.412. The van der Waals surface area contributed by atoms with E-state index >= 15 is 0 Å². The minimum absolute atomic E-state index is 0.371. The topological polar surface area (TPSA) is 86.3 Å². The zero-order valence-electron chi connectivity index (χ0n) is 16.9. The van der Waals surface area contributed by atoms with Gasteiger partial charge < -0.3 is 24.0 Å². The fourth-order valence-electron chi connectivity index (χ4n) is 2.99. The van der Waals surface area contributed by atoms with Crippen molar-refractivity contribution >= 4 is 23.3 Å². The van der Waals surface area contributed by atoms with E-state index in [1.165, 1.54) is 11.9 Å². The van der Waals surface area contributed by atoms with E-state index in [4.69, 9.17) is 14.2 Å². The third-order valence-electron chi connectivity index (χ3n) is 4.40. The number of aromatic amines is 1. The number of rotatable bonds is 10. The van der Waals surface area contributed by atoms with Gasteiger partial charge in [0.1, 0.15) is 19.2 Å². The first-order valence-electron chi connectivity index (χ1n) is 9.47. The zero-order valence-corrected chi connectivity index (χ0v) is 16.9. The molecule has 0 aliphatic heterocycles. The molecule has 0 saturated heterocycles. The number of ether oxygens (including phenoxy) is 3. The molecule has 0 fully saturated rings. The van der Waals surface area contributed by atoms with E-state index in [-0.39, 0.29) is 0 Å². The van der Waals surface area contributed by atoms with E-state index < -0.39 is 0 Å². The zero-order chi connectivity index (χ0) is 20.6. The Labute approximate surface area is 169 Å². The maximum Gasteiger partial charge on any atom is 0.224 e. The predicted octanol–water partition coefficient (Wildman–Crippen LogP) is 4.03. The van der Waals surface area contributed by atoms with Crippen molar-refractivity contribution in [2.75, 3.05) is 20.3 Å². The fourth-order valence-corrected chi connectivity index (χ4v) is 2.99. The third kappa shape index (κ3) is 5.13. The summed E-state index contributed by atoms with van der Waals surface area (Å²) in [6.07, 6.45) is 7.39. The van der Waals surface area contributed by atoms with Crippen molar-refractivity contribution in [1.82, 2.24) is 15.0 Å². The summed E-state index contributed by atoms with van der Waals surface area (Å²) in [4.78, 5) is 22.3. The van der Waals surface area contributed by atoms with Crippen LogP contribution in [-0.2, 0) is 4.79 Å². The Kier molecular flexibility index (Phi) is 6.84. The smallest absolute Gasteiger partial charge is 0.224 e. The first kappa shape index (κ1) is 20.4. The Balaban J connectivity index is 1.74. The number of carbonyl (C=O) groups excluding carboxylic acids is 1. The number of aromatic nitrogens is 3. The summed E-state index contributed by atoms with van der Waals surface area (Å²) in [6, 6.07) is 5.70. The third-order valence-corrected chi connectivity index (χ3v) is 4.40. The molecule has 7 nitrogen and oxygen atoms in total. The van der Waals surface area contributed by atoms with Crippen molar-refractivity contribution < 1.29 is 19.0 Å². The Hall–Kier alpha value is -3.35. The molecule has 0 bridgehead atoms. The lowest BCUT2D eigenvalue weighted by atomic mass is 10.2. The van der Waals surface area contributed by atoms with Crippen LogP contribution in [0.25, 0.3) is 17.0 Å². The van der Waals surface area contributed by atoms with Crippen LogP contribution in [0.5, 0.6) is 17.4 Å². The molecule has 0 aliphatic carbocycles. The molecule has 3 rings (SSSR count). The van der Waals surface area contributed by atoms with Gasteiger partial charge in [0.2, 0.25) is 5.88 Å². The van der Waals surface area contributed by atoms with E-state index in [2.05, 4.69) is 27.9 Å². The van der Waals surface area contributed by atoms with E-state index in [1.54, 1.807) is 13.2 Å². The summed E-state index contributed by atoms with van der Waals surface area (Å²) in [5.74, 6) is 1.62. The van der Waals surface area contributed by atoms with Gasteiger partial charge in [-0.05, 0) is 50.1 Å². The van der Waals surface area contributed by atoms with Gasteiger partial charge in [0, 0.05) is 23.9 Å². The molecule has 1 N–H and O–H groups in total. The number of carbonyl (C=O) groups is 1. The highest BCUT2D eigenvalue weighted by atomic mass is 16.5. The van der Waals surface area contributed by atoms with E-state index in [1.807, 2.05) is 25.1 Å². The molecule has 0 spiro atoms. The van der Waals surface area contributed by atoms with Crippen LogP contribution >= 0.6 is 0 Å². The minimum atomic E-state index is 0.371. The summed E-state index contributed by atoms with van der Waals surface area (Å²) in [7, 11) is 1.58. The summed E-state index contributed by atoms with van der Waals surface area (Å²) < 4.78 is 17.0. The number of aldehydes is 1. The molecular formula is C22H25N3O4. The maximum atomic E-state index is 10.4. The Morgan fingerprint density at radius 3 is 2.69 bits per heavy atom. The number of fused-ring (bicyclic) bond motifs is 1. The average molecular weight is 395 g/mol. The molecule has 29 heavy (non-hydrogen) atoms. The average Bonchev–Trinajstić information content (AvgIpc) is 3.04. The van der Waals surface area contributed by atoms with E-state index in [0.29, 0.717) is 49.0 Å². The van der Waals surface area contributed by atoms with Crippen LogP contribution < -0.4 is 14.2 Å². The van der Waals surface area contributed by atoms with Gasteiger partial charge >= 0.3 is 0 Å². The summed E-state index contributed by atoms with van der Waals surface area (Å²) >= 11 is 0. The van der Waals surface area contributed by atoms with E-state index in [0.717, 1.165) is 23.1 Å². The maximum absolute atomic E-state index is 10.4. The highest BCUT2D eigenvalue weighted by Crippen LogP contribution is 2.34. The van der Waals surface area contributed by atoms with Crippen LogP contribution in [0.15, 0.2) is 30.6 Å². The van der Waals surface area contributed by atoms with E-state index in [9.17, 15) is 4.79 Å². The molecule has 0 atom stereocenters. The number of hydrogen-bond acceptors (Lipinski definition) is 6. The van der Waals surface area contributed by atoms with Crippen molar-refractivity contribution in [2.45, 2.75) is 26.7 Å². The van der Waals surface area contributed by atoms with Crippen LogP contribution in [0.2, 0.25) is 0 Å². The van der Waals surface area contributed by atoms with Gasteiger partial charge in [0.25, 0.3) is 0 Å². The first-order chi connectivity index (χ1) is 14.1. The lowest BCUT2D eigenvalue weighted by molar-refractivity contribution is -0.108. The monoisotopic (exact) mass is 395 g/mol. The van der Waals surface area contributed by atoms with Crippen LogP contribution in [0.4, 0.5) is 0 Å². The number of unbranched alkanes of at least 4 members (excludes halogenated alkanes) is 1. The van der Waals surface area contributed by atoms with Gasteiger partial charge in [-0.3, -0.25) is 0 Å². The Bertz CT molecular complexity index is 1010. The van der Waals surface area contributed by atoms with Crippen LogP contribution in [0.1, 0.15) is 29.8 Å². The normalized spacial score (nSPS) is 11.1.